The molecule has 0 amide bonds. The van der Waals surface area contributed by atoms with Gasteiger partial charge in [-0.1, -0.05) is 18.1 Å². The second-order valence-corrected chi connectivity index (χ2v) is 5.60. The van der Waals surface area contributed by atoms with Gasteiger partial charge in [0.15, 0.2) is 0 Å². The fourth-order valence-electron chi connectivity index (χ4n) is 3.25. The highest BCUT2D eigenvalue weighted by Gasteiger charge is 2.40. The maximum Gasteiger partial charge on any atom is 0.302 e. The van der Waals surface area contributed by atoms with Crippen molar-refractivity contribution in [2.45, 2.75) is 69.9 Å². The minimum Gasteiger partial charge on any atom is -0.460 e. The zero-order valence-corrected chi connectivity index (χ0v) is 11.3. The first-order valence-electron chi connectivity index (χ1n) is 7.22. The summed E-state index contributed by atoms with van der Waals surface area (Å²) in [6.45, 7) is 1.90. The number of esters is 1. The molecule has 6 heteroatoms. The highest BCUT2D eigenvalue weighted by molar-refractivity contribution is 5.66. The average molecular weight is 267 g/mol. The Kier molecular flexibility index (Phi) is 3.68. The van der Waals surface area contributed by atoms with Gasteiger partial charge < -0.3 is 9.47 Å². The molecular formula is C13H21N3O3. The van der Waals surface area contributed by atoms with Crippen LogP contribution in [0.25, 0.3) is 0 Å². The predicted octanol–water partition coefficient (Wildman–Crippen LogP) is 2.05. The van der Waals surface area contributed by atoms with Gasteiger partial charge in [0.05, 0.1) is 18.7 Å². The molecule has 6 nitrogen and oxygen atoms in total. The number of hydrogen-bond acceptors (Lipinski definition) is 6. The van der Waals surface area contributed by atoms with E-state index in [9.17, 15) is 4.79 Å². The number of fused-ring (bicyclic) bond motifs is 1. The van der Waals surface area contributed by atoms with Gasteiger partial charge in [-0.15, -0.1) is 0 Å². The van der Waals surface area contributed by atoms with E-state index in [1.54, 1.807) is 0 Å². The summed E-state index contributed by atoms with van der Waals surface area (Å²) in [4.78, 5) is 10.9. The molecule has 1 saturated carbocycles. The number of ether oxygens (including phenoxy) is 2. The van der Waals surface area contributed by atoms with Crippen LogP contribution in [-0.2, 0) is 14.3 Å². The molecule has 0 bridgehead atoms. The largest absolute Gasteiger partial charge is 0.460 e. The summed E-state index contributed by atoms with van der Waals surface area (Å²) >= 11 is 0. The number of nitrogens with zero attached hydrogens (tertiary/aromatic N) is 3. The Labute approximate surface area is 113 Å². The van der Waals surface area contributed by atoms with E-state index in [-0.39, 0.29) is 18.3 Å². The van der Waals surface area contributed by atoms with Crippen LogP contribution in [0.2, 0.25) is 0 Å². The van der Waals surface area contributed by atoms with Gasteiger partial charge in [0.2, 0.25) is 0 Å². The molecule has 2 fully saturated rings. The summed E-state index contributed by atoms with van der Waals surface area (Å²) in [5.74, 6) is -0.236. The summed E-state index contributed by atoms with van der Waals surface area (Å²) in [7, 11) is 0. The van der Waals surface area contributed by atoms with E-state index in [1.165, 1.54) is 19.8 Å². The van der Waals surface area contributed by atoms with Gasteiger partial charge in [-0.25, -0.2) is 5.01 Å². The Balaban J connectivity index is 1.54. The van der Waals surface area contributed by atoms with Crippen molar-refractivity contribution >= 4 is 5.97 Å². The van der Waals surface area contributed by atoms with Crippen molar-refractivity contribution in [3.8, 4) is 0 Å². The first-order valence-corrected chi connectivity index (χ1v) is 7.22. The molecule has 0 aromatic rings. The molecular weight excluding hydrogens is 246 g/mol. The zero-order chi connectivity index (χ0) is 13.2. The van der Waals surface area contributed by atoms with Crippen LogP contribution in [0.15, 0.2) is 10.3 Å². The van der Waals surface area contributed by atoms with Crippen molar-refractivity contribution in [1.82, 2.24) is 5.01 Å². The molecule has 19 heavy (non-hydrogen) atoms. The molecule has 0 radical (unpaired) electrons. The van der Waals surface area contributed by atoms with Crippen LogP contribution in [0.1, 0.15) is 45.4 Å². The lowest BCUT2D eigenvalue weighted by molar-refractivity contribution is -0.169. The van der Waals surface area contributed by atoms with Crippen molar-refractivity contribution in [1.29, 1.82) is 0 Å². The molecule has 4 atom stereocenters. The molecule has 3 unspecified atom stereocenters. The molecule has 2 aliphatic heterocycles. The summed E-state index contributed by atoms with van der Waals surface area (Å²) < 4.78 is 11.0. The van der Waals surface area contributed by atoms with Crippen molar-refractivity contribution in [3.05, 3.63) is 0 Å². The minimum absolute atomic E-state index is 0.00339. The van der Waals surface area contributed by atoms with E-state index in [0.717, 1.165) is 25.7 Å². The Hall–Kier alpha value is -1.17. The Bertz CT molecular complexity index is 366. The molecule has 1 aliphatic carbocycles. The smallest absolute Gasteiger partial charge is 0.302 e. The van der Waals surface area contributed by atoms with Gasteiger partial charge in [-0.3, -0.25) is 4.79 Å². The van der Waals surface area contributed by atoms with Crippen LogP contribution in [-0.4, -0.2) is 42.0 Å². The molecule has 0 aromatic heterocycles. The van der Waals surface area contributed by atoms with Crippen molar-refractivity contribution in [2.75, 3.05) is 6.61 Å². The van der Waals surface area contributed by atoms with E-state index < -0.39 is 0 Å². The van der Waals surface area contributed by atoms with E-state index in [1.807, 2.05) is 5.01 Å². The standard InChI is InChI=1S/C13H21N3O3/c1-9(17)19-10-6-7-13(18-8-10)16-12-5-3-2-4-11(12)14-15-16/h10-13H,2-8H2,1H3/t10?,11?,12?,13-/m1/s1. The van der Waals surface area contributed by atoms with Crippen LogP contribution < -0.4 is 0 Å². The van der Waals surface area contributed by atoms with Crippen molar-refractivity contribution in [2.24, 2.45) is 10.3 Å². The highest BCUT2D eigenvalue weighted by atomic mass is 16.6. The lowest BCUT2D eigenvalue weighted by atomic mass is 9.90. The second-order valence-electron chi connectivity index (χ2n) is 5.60. The molecule has 0 aromatic carbocycles. The van der Waals surface area contributed by atoms with Crippen molar-refractivity contribution in [3.63, 3.8) is 0 Å². The van der Waals surface area contributed by atoms with Gasteiger partial charge in [0.25, 0.3) is 0 Å². The third kappa shape index (κ3) is 2.73. The van der Waals surface area contributed by atoms with Crippen LogP contribution in [0.3, 0.4) is 0 Å². The second kappa shape index (κ2) is 5.45. The minimum atomic E-state index is -0.236. The molecule has 3 rings (SSSR count). The SMILES string of the molecule is CC(=O)OC1CC[C@H](N2N=NC3CCCCC32)OC1. The Morgan fingerprint density at radius 1 is 1.26 bits per heavy atom. The van der Waals surface area contributed by atoms with Gasteiger partial charge in [0, 0.05) is 6.92 Å². The maximum atomic E-state index is 10.9. The summed E-state index contributed by atoms with van der Waals surface area (Å²) in [6.07, 6.45) is 6.41. The first kappa shape index (κ1) is 12.8. The molecule has 106 valence electrons. The number of carbonyl (C=O) groups is 1. The summed E-state index contributed by atoms with van der Waals surface area (Å²) in [5, 5.41) is 10.7. The fourth-order valence-corrected chi connectivity index (χ4v) is 3.25. The number of carbonyl (C=O) groups excluding carboxylic acids is 1. The highest BCUT2D eigenvalue weighted by Crippen LogP contribution is 2.34. The third-order valence-electron chi connectivity index (χ3n) is 4.17. The predicted molar refractivity (Wildman–Crippen MR) is 67.3 cm³/mol. The lowest BCUT2D eigenvalue weighted by Gasteiger charge is -2.37. The molecule has 0 N–H and O–H groups in total. The van der Waals surface area contributed by atoms with Gasteiger partial charge >= 0.3 is 5.97 Å². The monoisotopic (exact) mass is 267 g/mol. The quantitative estimate of drug-likeness (QED) is 0.718. The van der Waals surface area contributed by atoms with E-state index >= 15 is 0 Å². The Morgan fingerprint density at radius 2 is 2.11 bits per heavy atom. The lowest BCUT2D eigenvalue weighted by Crippen LogP contribution is -2.47. The van der Waals surface area contributed by atoms with Gasteiger partial charge in [-0.2, -0.15) is 5.11 Å². The normalized spacial score (nSPS) is 38.1. The zero-order valence-electron chi connectivity index (χ0n) is 11.3. The summed E-state index contributed by atoms with van der Waals surface area (Å²) in [5.41, 5.74) is 0. The fraction of sp³-hybridized carbons (Fsp3) is 0.923. The van der Waals surface area contributed by atoms with E-state index in [2.05, 4.69) is 10.3 Å². The number of rotatable bonds is 2. The van der Waals surface area contributed by atoms with Crippen molar-refractivity contribution < 1.29 is 14.3 Å². The summed E-state index contributed by atoms with van der Waals surface area (Å²) in [6, 6.07) is 0.785. The topological polar surface area (TPSA) is 63.5 Å². The van der Waals surface area contributed by atoms with E-state index in [4.69, 9.17) is 9.47 Å². The average Bonchev–Trinajstić information content (AvgIpc) is 2.83. The van der Waals surface area contributed by atoms with Gasteiger partial charge in [-0.05, 0) is 25.7 Å². The molecule has 1 saturated heterocycles. The van der Waals surface area contributed by atoms with Crippen LogP contribution >= 0.6 is 0 Å². The third-order valence-corrected chi connectivity index (χ3v) is 4.17. The van der Waals surface area contributed by atoms with Crippen LogP contribution in [0.5, 0.6) is 0 Å². The molecule has 3 aliphatic rings. The Morgan fingerprint density at radius 3 is 2.84 bits per heavy atom. The van der Waals surface area contributed by atoms with Gasteiger partial charge in [0.1, 0.15) is 12.3 Å². The molecule has 0 spiro atoms. The first-order chi connectivity index (χ1) is 9.24. The van der Waals surface area contributed by atoms with E-state index in [0.29, 0.717) is 18.7 Å². The molecule has 2 heterocycles. The van der Waals surface area contributed by atoms with Crippen LogP contribution in [0, 0.1) is 0 Å². The number of hydrogen-bond donors (Lipinski definition) is 0. The maximum absolute atomic E-state index is 10.9. The van der Waals surface area contributed by atoms with Crippen LogP contribution in [0.4, 0.5) is 0 Å².